The first-order chi connectivity index (χ1) is 24.3. The second kappa shape index (κ2) is 10.1. The average Bonchev–Trinajstić information content (AvgIpc) is 3.84. The van der Waals surface area contributed by atoms with Crippen LogP contribution in [0.25, 0.3) is 103 Å². The van der Waals surface area contributed by atoms with Gasteiger partial charge < -0.3 is 4.42 Å². The van der Waals surface area contributed by atoms with Crippen LogP contribution in [0.2, 0.25) is 0 Å². The molecule has 5 heteroatoms. The second-order valence-corrected chi connectivity index (χ2v) is 13.6. The first-order valence-electron chi connectivity index (χ1n) is 16.4. The Balaban J connectivity index is 1.29. The van der Waals surface area contributed by atoms with Crippen LogP contribution >= 0.6 is 11.3 Å². The lowest BCUT2D eigenvalue weighted by molar-refractivity contribution is 0.669. The molecule has 4 heterocycles. The van der Waals surface area contributed by atoms with E-state index in [1.165, 1.54) is 31.3 Å². The third kappa shape index (κ3) is 3.85. The van der Waals surface area contributed by atoms with Gasteiger partial charge in [0.15, 0.2) is 0 Å². The molecule has 4 aromatic heterocycles. The normalized spacial score (nSPS) is 12.1. The van der Waals surface area contributed by atoms with Gasteiger partial charge in [0, 0.05) is 47.3 Å². The Morgan fingerprint density at radius 3 is 2.20 bits per heavy atom. The lowest BCUT2D eigenvalue weighted by Crippen LogP contribution is -2.03. The molecule has 0 spiro atoms. The van der Waals surface area contributed by atoms with Gasteiger partial charge >= 0.3 is 0 Å². The van der Waals surface area contributed by atoms with Crippen LogP contribution in [0.1, 0.15) is 0 Å². The van der Waals surface area contributed by atoms with Crippen LogP contribution in [0, 0.1) is 0 Å². The topological polar surface area (TPSA) is 43.9 Å². The van der Waals surface area contributed by atoms with E-state index in [1.807, 2.05) is 23.5 Å². The van der Waals surface area contributed by atoms with Gasteiger partial charge in [-0.3, -0.25) is 4.57 Å². The molecule has 0 amide bonds. The highest BCUT2D eigenvalue weighted by Gasteiger charge is 2.23. The van der Waals surface area contributed by atoms with Gasteiger partial charge in [0.05, 0.1) is 27.6 Å². The van der Waals surface area contributed by atoms with E-state index >= 15 is 0 Å². The zero-order valence-electron chi connectivity index (χ0n) is 26.1. The number of fused-ring (bicyclic) bond motifs is 11. The zero-order chi connectivity index (χ0) is 32.1. The van der Waals surface area contributed by atoms with Crippen LogP contribution < -0.4 is 0 Å². The number of rotatable bonds is 3. The highest BCUT2D eigenvalue weighted by molar-refractivity contribution is 7.26. The van der Waals surface area contributed by atoms with Gasteiger partial charge in [-0.05, 0) is 53.6 Å². The van der Waals surface area contributed by atoms with Crippen molar-refractivity contribution in [2.75, 3.05) is 0 Å². The highest BCUT2D eigenvalue weighted by atomic mass is 32.1. The van der Waals surface area contributed by atoms with Gasteiger partial charge in [-0.2, -0.15) is 0 Å². The van der Waals surface area contributed by atoms with Crippen molar-refractivity contribution < 1.29 is 4.42 Å². The lowest BCUT2D eigenvalue weighted by Gasteiger charge is -2.13. The minimum atomic E-state index is 0.636. The molecule has 0 saturated heterocycles. The van der Waals surface area contributed by atoms with E-state index < -0.39 is 0 Å². The third-order valence-electron chi connectivity index (χ3n) is 9.83. The summed E-state index contributed by atoms with van der Waals surface area (Å²) >= 11 is 1.82. The summed E-state index contributed by atoms with van der Waals surface area (Å²) in [6, 6.07) is 53.5. The SMILES string of the molecule is c1ccc(-c2ccc3c(c2)c2ccc4oc5ccccc5c4c2n3-c2nc(-c3cccc4c3sc3ccccc34)c3ccccc3n2)cc1. The molecule has 0 N–H and O–H groups in total. The molecular formula is C44H25N3OS. The van der Waals surface area contributed by atoms with Crippen LogP contribution in [0.3, 0.4) is 0 Å². The van der Waals surface area contributed by atoms with Crippen LogP contribution in [-0.4, -0.2) is 14.5 Å². The molecule has 0 bridgehead atoms. The molecule has 0 saturated carbocycles. The van der Waals surface area contributed by atoms with Crippen LogP contribution in [0.4, 0.5) is 0 Å². The molecule has 0 aliphatic carbocycles. The number of benzene rings is 7. The summed E-state index contributed by atoms with van der Waals surface area (Å²) in [5.74, 6) is 0.636. The number of hydrogen-bond donors (Lipinski definition) is 0. The molecule has 4 nitrogen and oxygen atoms in total. The summed E-state index contributed by atoms with van der Waals surface area (Å²) in [6.45, 7) is 0. The van der Waals surface area contributed by atoms with E-state index in [0.29, 0.717) is 5.95 Å². The van der Waals surface area contributed by atoms with Gasteiger partial charge in [0.1, 0.15) is 11.2 Å². The Bertz CT molecular complexity index is 3110. The minimum Gasteiger partial charge on any atom is -0.456 e. The monoisotopic (exact) mass is 643 g/mol. The maximum Gasteiger partial charge on any atom is 0.235 e. The van der Waals surface area contributed by atoms with E-state index in [2.05, 4.69) is 144 Å². The fraction of sp³-hybridized carbons (Fsp3) is 0. The smallest absolute Gasteiger partial charge is 0.235 e. The van der Waals surface area contributed by atoms with E-state index in [9.17, 15) is 0 Å². The molecule has 228 valence electrons. The fourth-order valence-electron chi connectivity index (χ4n) is 7.64. The molecule has 0 atom stereocenters. The summed E-state index contributed by atoms with van der Waals surface area (Å²) < 4.78 is 11.2. The van der Waals surface area contributed by atoms with Crippen molar-refractivity contribution in [1.29, 1.82) is 0 Å². The Labute approximate surface area is 284 Å². The van der Waals surface area contributed by atoms with Crippen LogP contribution in [0.15, 0.2) is 156 Å². The van der Waals surface area contributed by atoms with E-state index in [1.54, 1.807) is 0 Å². The average molecular weight is 644 g/mol. The summed E-state index contributed by atoms with van der Waals surface area (Å²) in [6.07, 6.45) is 0. The number of thiophene rings is 1. The quantitative estimate of drug-likeness (QED) is 0.192. The molecule has 0 radical (unpaired) electrons. The van der Waals surface area contributed by atoms with Crippen molar-refractivity contribution in [2.45, 2.75) is 0 Å². The van der Waals surface area contributed by atoms with Crippen molar-refractivity contribution in [2.24, 2.45) is 0 Å². The van der Waals surface area contributed by atoms with Gasteiger partial charge in [0.25, 0.3) is 0 Å². The van der Waals surface area contributed by atoms with Gasteiger partial charge in [-0.1, -0.05) is 109 Å². The number of para-hydroxylation sites is 2. The third-order valence-corrected chi connectivity index (χ3v) is 11.0. The number of aromatic nitrogens is 3. The predicted molar refractivity (Wildman–Crippen MR) is 205 cm³/mol. The molecule has 0 unspecified atom stereocenters. The van der Waals surface area contributed by atoms with Gasteiger partial charge in [0.2, 0.25) is 5.95 Å². The maximum atomic E-state index is 6.43. The molecule has 11 rings (SSSR count). The second-order valence-electron chi connectivity index (χ2n) is 12.5. The Morgan fingerprint density at radius 1 is 0.510 bits per heavy atom. The first-order valence-corrected chi connectivity index (χ1v) is 17.2. The largest absolute Gasteiger partial charge is 0.456 e. The fourth-order valence-corrected chi connectivity index (χ4v) is 8.85. The van der Waals surface area contributed by atoms with Crippen molar-refractivity contribution in [3.05, 3.63) is 152 Å². The van der Waals surface area contributed by atoms with Crippen LogP contribution in [0.5, 0.6) is 0 Å². The number of hydrogen-bond acceptors (Lipinski definition) is 4. The van der Waals surface area contributed by atoms with Gasteiger partial charge in [-0.15, -0.1) is 11.3 Å². The summed E-state index contributed by atoms with van der Waals surface area (Å²) in [4.78, 5) is 10.8. The minimum absolute atomic E-state index is 0.636. The van der Waals surface area contributed by atoms with Crippen LogP contribution in [-0.2, 0) is 0 Å². The lowest BCUT2D eigenvalue weighted by atomic mass is 10.0. The molecule has 0 fully saturated rings. The number of furan rings is 1. The van der Waals surface area contributed by atoms with Crippen molar-refractivity contribution in [1.82, 2.24) is 14.5 Å². The van der Waals surface area contributed by atoms with E-state index in [4.69, 9.17) is 14.4 Å². The Morgan fingerprint density at radius 2 is 1.29 bits per heavy atom. The standard InChI is InChI=1S/C44H25N3OS/c1-2-11-26(12-3-1)27-21-23-36-34(25-27)29-22-24-38-40(32-15-5-8-19-37(32)48-38)42(29)47(36)44-45-35-18-7-4-14-31(35)41(46-44)33-17-10-16-30-28-13-6-9-20-39(28)49-43(30)33/h1-25H. The molecule has 0 aliphatic rings. The van der Waals surface area contributed by atoms with Crippen molar-refractivity contribution >= 4 is 86.2 Å². The van der Waals surface area contributed by atoms with Crippen molar-refractivity contribution in [3.63, 3.8) is 0 Å². The van der Waals surface area contributed by atoms with E-state index in [0.717, 1.165) is 65.9 Å². The Kier molecular flexibility index (Phi) is 5.51. The summed E-state index contributed by atoms with van der Waals surface area (Å²) in [5.41, 5.74) is 9.10. The van der Waals surface area contributed by atoms with Gasteiger partial charge in [-0.25, -0.2) is 9.97 Å². The summed E-state index contributed by atoms with van der Waals surface area (Å²) in [7, 11) is 0. The molecule has 49 heavy (non-hydrogen) atoms. The van der Waals surface area contributed by atoms with Crippen molar-refractivity contribution in [3.8, 4) is 28.3 Å². The zero-order valence-corrected chi connectivity index (χ0v) is 26.9. The summed E-state index contributed by atoms with van der Waals surface area (Å²) in [5, 5.41) is 7.97. The Hall–Kier alpha value is -6.30. The maximum absolute atomic E-state index is 6.43. The van der Waals surface area contributed by atoms with E-state index in [-0.39, 0.29) is 0 Å². The highest BCUT2D eigenvalue weighted by Crippen LogP contribution is 2.44. The number of nitrogens with zero attached hydrogens (tertiary/aromatic N) is 3. The molecule has 11 aromatic rings. The predicted octanol–water partition coefficient (Wildman–Crippen LogP) is 12.3. The molecule has 0 aliphatic heterocycles. The first kappa shape index (κ1) is 26.7. The molecule has 7 aromatic carbocycles. The molecular weight excluding hydrogens is 619 g/mol.